The summed E-state index contributed by atoms with van der Waals surface area (Å²) in [6, 6.07) is 17.3. The topological polar surface area (TPSA) is 89.5 Å². The molecule has 2 aromatic carbocycles. The molecule has 1 heterocycles. The Bertz CT molecular complexity index is 1680. The molecule has 4 rings (SSSR count). The van der Waals surface area contributed by atoms with Gasteiger partial charge < -0.3 is 0 Å². The summed E-state index contributed by atoms with van der Waals surface area (Å²) < 4.78 is 249. The van der Waals surface area contributed by atoms with Crippen molar-refractivity contribution in [2.45, 2.75) is 65.9 Å². The van der Waals surface area contributed by atoms with Gasteiger partial charge in [-0.2, -0.15) is 83.1 Å². The van der Waals surface area contributed by atoms with Gasteiger partial charge in [-0.15, -0.1) is 0 Å². The number of benzene rings is 2. The maximum atomic E-state index is 13.7. The highest BCUT2D eigenvalue weighted by atomic mass is 32.2. The van der Waals surface area contributed by atoms with E-state index in [1.54, 1.807) is 0 Å². The third-order valence-corrected chi connectivity index (χ3v) is 8.25. The average molecular weight is 763 g/mol. The number of alkyl halides is 17. The fourth-order valence-electron chi connectivity index (χ4n) is 4.21. The highest BCUT2D eigenvalue weighted by molar-refractivity contribution is 7.87. The van der Waals surface area contributed by atoms with Gasteiger partial charge in [-0.25, -0.2) is 0 Å². The summed E-state index contributed by atoms with van der Waals surface area (Å²) in [5, 5.41) is -6.84. The molecule has 6 nitrogen and oxygen atoms in total. The number of carbonyl (C=O) groups is 2. The van der Waals surface area contributed by atoms with Crippen LogP contribution in [0.2, 0.25) is 0 Å². The van der Waals surface area contributed by atoms with Crippen LogP contribution in [0.25, 0.3) is 11.1 Å². The van der Waals surface area contributed by atoms with E-state index in [1.165, 1.54) is 22.3 Å². The zero-order valence-corrected chi connectivity index (χ0v) is 23.8. The lowest BCUT2D eigenvalue weighted by Gasteiger charge is -2.42. The van der Waals surface area contributed by atoms with E-state index < -0.39 is 81.4 Å². The first-order chi connectivity index (χ1) is 21.8. The number of carbonyl (C=O) groups excluding carboxylic acids is 2. The van der Waals surface area contributed by atoms with Gasteiger partial charge in [0.1, 0.15) is 0 Å². The molecule has 0 saturated carbocycles. The summed E-state index contributed by atoms with van der Waals surface area (Å²) in [7, 11) is -7.90. The molecular formula is C25H14F17NO5S. The SMILES string of the molecule is O=C1CC(OS(=O)(=O)C(F)(F)C(F)(F)C(F)(F)C(F)(F)C(F)(F)C(F)(F)C(F)(F)C(F)(F)F)C(=O)N1.c1ccc2c(c1)Cc1ccccc1-2. The lowest BCUT2D eigenvalue weighted by atomic mass is 9.91. The van der Waals surface area contributed by atoms with Crippen LogP contribution in [0, 0.1) is 0 Å². The van der Waals surface area contributed by atoms with Crippen molar-refractivity contribution >= 4 is 21.9 Å². The third-order valence-electron chi connectivity index (χ3n) is 6.88. The summed E-state index contributed by atoms with van der Waals surface area (Å²) >= 11 is 0. The Morgan fingerprint density at radius 3 is 1.31 bits per heavy atom. The fourth-order valence-corrected chi connectivity index (χ4v) is 5.23. The molecule has 1 fully saturated rings. The molecule has 1 saturated heterocycles. The fraction of sp³-hybridized carbons (Fsp3) is 0.440. The molecule has 274 valence electrons. The summed E-state index contributed by atoms with van der Waals surface area (Å²) in [5.41, 5.74) is 5.75. The molecular weight excluding hydrogens is 749 g/mol. The van der Waals surface area contributed by atoms with E-state index in [2.05, 4.69) is 52.7 Å². The van der Waals surface area contributed by atoms with Gasteiger partial charge in [0.25, 0.3) is 5.91 Å². The van der Waals surface area contributed by atoms with Crippen molar-refractivity contribution in [1.82, 2.24) is 5.32 Å². The average Bonchev–Trinajstić information content (AvgIpc) is 3.49. The zero-order chi connectivity index (χ0) is 38.0. The highest BCUT2D eigenvalue weighted by Crippen LogP contribution is 2.64. The molecule has 24 heteroatoms. The number of imide groups is 1. The second-order valence-corrected chi connectivity index (χ2v) is 11.7. The van der Waals surface area contributed by atoms with Crippen LogP contribution in [-0.4, -0.2) is 73.3 Å². The molecule has 1 aliphatic carbocycles. The van der Waals surface area contributed by atoms with Gasteiger partial charge in [-0.1, -0.05) is 48.5 Å². The predicted octanol–water partition coefficient (Wildman–Crippen LogP) is 6.97. The van der Waals surface area contributed by atoms with Crippen LogP contribution in [-0.2, 0) is 30.3 Å². The molecule has 2 amide bonds. The quantitative estimate of drug-likeness (QED) is 0.145. The van der Waals surface area contributed by atoms with Crippen molar-refractivity contribution in [1.29, 1.82) is 0 Å². The van der Waals surface area contributed by atoms with Crippen LogP contribution in [0.3, 0.4) is 0 Å². The van der Waals surface area contributed by atoms with E-state index in [4.69, 9.17) is 0 Å². The molecule has 0 bridgehead atoms. The second-order valence-electron chi connectivity index (χ2n) is 10.1. The van der Waals surface area contributed by atoms with Crippen molar-refractivity contribution in [3.63, 3.8) is 0 Å². The Kier molecular flexibility index (Phi) is 9.71. The van der Waals surface area contributed by atoms with Crippen molar-refractivity contribution < 1.29 is 96.8 Å². The smallest absolute Gasteiger partial charge is 0.294 e. The molecule has 1 N–H and O–H groups in total. The minimum Gasteiger partial charge on any atom is -0.294 e. The Labute approximate surface area is 261 Å². The number of rotatable bonds is 9. The molecule has 0 radical (unpaired) electrons. The maximum absolute atomic E-state index is 13.7. The number of nitrogens with one attached hydrogen (secondary N) is 1. The Balaban J connectivity index is 0.000000406. The molecule has 1 atom stereocenters. The molecule has 0 spiro atoms. The minimum absolute atomic E-state index is 1.08. The van der Waals surface area contributed by atoms with E-state index in [0.717, 1.165) is 11.7 Å². The van der Waals surface area contributed by atoms with Gasteiger partial charge in [-0.3, -0.25) is 19.1 Å². The van der Waals surface area contributed by atoms with E-state index in [0.29, 0.717) is 0 Å². The van der Waals surface area contributed by atoms with Crippen molar-refractivity contribution in [2.75, 3.05) is 0 Å². The van der Waals surface area contributed by atoms with Crippen LogP contribution in [0.5, 0.6) is 0 Å². The lowest BCUT2D eigenvalue weighted by Crippen LogP contribution is -2.75. The monoisotopic (exact) mass is 763 g/mol. The first kappa shape index (κ1) is 39.7. The van der Waals surface area contributed by atoms with Crippen molar-refractivity contribution in [3.8, 4) is 11.1 Å². The van der Waals surface area contributed by atoms with Crippen LogP contribution in [0.4, 0.5) is 74.6 Å². The Hall–Kier alpha value is -3.70. The second kappa shape index (κ2) is 12.0. The largest absolute Gasteiger partial charge is 0.460 e. The van der Waals surface area contributed by atoms with Gasteiger partial charge in [-0.05, 0) is 28.7 Å². The van der Waals surface area contributed by atoms with Gasteiger partial charge in [0, 0.05) is 0 Å². The van der Waals surface area contributed by atoms with E-state index >= 15 is 0 Å². The molecule has 1 aliphatic heterocycles. The summed E-state index contributed by atoms with van der Waals surface area (Å²) in [6.07, 6.45) is -11.5. The Morgan fingerprint density at radius 1 is 0.571 bits per heavy atom. The van der Waals surface area contributed by atoms with Crippen molar-refractivity contribution in [2.24, 2.45) is 0 Å². The van der Waals surface area contributed by atoms with E-state index in [1.807, 2.05) is 0 Å². The number of amides is 2. The minimum atomic E-state index is -8.98. The molecule has 2 aliphatic rings. The maximum Gasteiger partial charge on any atom is 0.460 e. The zero-order valence-electron chi connectivity index (χ0n) is 23.0. The van der Waals surface area contributed by atoms with Crippen LogP contribution >= 0.6 is 0 Å². The first-order valence-electron chi connectivity index (χ1n) is 12.5. The number of fused-ring (bicyclic) bond motifs is 3. The summed E-state index contributed by atoms with van der Waals surface area (Å²) in [6.45, 7) is 0. The van der Waals surface area contributed by atoms with Crippen LogP contribution < -0.4 is 5.32 Å². The molecule has 1 unspecified atom stereocenters. The summed E-state index contributed by atoms with van der Waals surface area (Å²) in [4.78, 5) is 21.8. The van der Waals surface area contributed by atoms with Gasteiger partial charge in [0.05, 0.1) is 6.42 Å². The van der Waals surface area contributed by atoms with Gasteiger partial charge >= 0.3 is 57.1 Å². The van der Waals surface area contributed by atoms with E-state index in [9.17, 15) is 92.6 Å². The predicted molar refractivity (Wildman–Crippen MR) is 127 cm³/mol. The third kappa shape index (κ3) is 5.96. The first-order valence-corrected chi connectivity index (χ1v) is 13.9. The Morgan fingerprint density at radius 2 is 0.939 bits per heavy atom. The number of hydrogen-bond donors (Lipinski definition) is 1. The molecule has 0 aromatic heterocycles. The summed E-state index contributed by atoms with van der Waals surface area (Å²) in [5.74, 6) is -56.1. The lowest BCUT2D eigenvalue weighted by molar-refractivity contribution is -0.458. The number of halogens is 17. The molecule has 49 heavy (non-hydrogen) atoms. The van der Waals surface area contributed by atoms with Gasteiger partial charge in [0.15, 0.2) is 6.10 Å². The van der Waals surface area contributed by atoms with Gasteiger partial charge in [0.2, 0.25) is 5.91 Å². The van der Waals surface area contributed by atoms with Crippen LogP contribution in [0.1, 0.15) is 17.5 Å². The highest BCUT2D eigenvalue weighted by Gasteiger charge is 2.96. The normalized spacial score (nSPS) is 18.0. The molecule has 2 aromatic rings. The van der Waals surface area contributed by atoms with E-state index in [-0.39, 0.29) is 0 Å². The standard InChI is InChI=1S/C13H10.C12H4F17NO5S/c1-3-7-12-10(5-1)9-11-6-2-4-8-13(11)12;13-5(14,7(17,18)9(21,22)11(25,26)27)6(15,16)8(19,20)10(23,24)12(28,29)36(33,34)35-2-1-3(31)30-4(2)32/h1-8H,9H2;2H,1H2,(H,30,31,32). The number of hydrogen-bond acceptors (Lipinski definition) is 5. The van der Waals surface area contributed by atoms with Crippen molar-refractivity contribution in [3.05, 3.63) is 59.7 Å². The van der Waals surface area contributed by atoms with Crippen LogP contribution in [0.15, 0.2) is 48.5 Å².